The van der Waals surface area contributed by atoms with Gasteiger partial charge in [-0.1, -0.05) is 62.6 Å². The summed E-state index contributed by atoms with van der Waals surface area (Å²) in [7, 11) is 5.88. The molecule has 5 aliphatic rings. The number of benzene rings is 1. The number of Topliss-reactive ketones (excluding diaryl/α,β-unsaturated/α-hetero) is 1. The fraction of sp³-hybridized carbons (Fsp3) is 0.565. The molecule has 89 heavy (non-hydrogen) atoms. The van der Waals surface area contributed by atoms with Crippen LogP contribution < -0.4 is 25.2 Å². The number of allylic oxidation sites excluding steroid dienone is 3. The van der Waals surface area contributed by atoms with Gasteiger partial charge in [0, 0.05) is 94.1 Å². The number of nitrogens with one attached hydrogen (secondary N) is 2. The molecule has 27 heteroatoms. The Hall–Kier alpha value is -6.29. The predicted molar refractivity (Wildman–Crippen MR) is 340 cm³/mol. The second kappa shape index (κ2) is 29.8. The summed E-state index contributed by atoms with van der Waals surface area (Å²) in [6, 6.07) is 3.77. The van der Waals surface area contributed by atoms with E-state index < -0.39 is 99.8 Å². The van der Waals surface area contributed by atoms with Gasteiger partial charge in [0.05, 0.1) is 41.2 Å². The Bertz CT molecular complexity index is 3220. The molecule has 0 saturated carbocycles. The van der Waals surface area contributed by atoms with E-state index in [2.05, 4.69) is 15.6 Å². The predicted octanol–water partition coefficient (Wildman–Crippen LogP) is 7.58. The van der Waals surface area contributed by atoms with E-state index in [1.54, 1.807) is 51.4 Å². The Morgan fingerprint density at radius 2 is 1.75 bits per heavy atom. The van der Waals surface area contributed by atoms with Gasteiger partial charge in [0.1, 0.15) is 40.7 Å². The van der Waals surface area contributed by atoms with Crippen LogP contribution in [0.1, 0.15) is 122 Å². The smallest absolute Gasteiger partial charge is 0.409 e. The molecule has 1 unspecified atom stereocenters. The normalized spacial score (nSPS) is 26.2. The number of nitrogens with zero attached hydrogens (tertiary/aromatic N) is 5. The number of carbonyl (C=O) groups excluding carboxylic acids is 10. The number of epoxide rings is 1. The quantitative estimate of drug-likeness (QED) is 0.0317. The standard InChI is InChI=1S/C62H80ClN7O16S3/c1-34-17-16-19-46(83-10)62(81)32-43(84-59(80)66-62)35(2)54-61(6,86-54)47(31-50(74)68(8)40-26-37(25-34)27-42(82-9)53(40)63)85-58(79)36(3)67(7)49(73)20-22-60(4,5)89-45-30-51(75)69(56(45)77)23-15-13-14-18-41(71)38-28-39(65-48(72)21-24-87-11)55(64-33-38)70-52(76)29-44(88-12)57(70)78/h16-17,19,26-29,33,35-36,43,45-47,54,81H,13-15,18,20-25,30-32H2,1-12H3,(H,65,72)(H,66,80)/b19-16+,34-17+/t35-,36+,43+,45?,46-,47+,54+,61-,62+/m1/s1. The van der Waals surface area contributed by atoms with Crippen molar-refractivity contribution in [3.05, 3.63) is 75.3 Å². The summed E-state index contributed by atoms with van der Waals surface area (Å²) in [5, 5.41) is 16.6. The first-order valence-electron chi connectivity index (χ1n) is 29.3. The number of amides is 8. The SMILES string of the molecule is COc1cc2cc(c1Cl)N(C)C(=O)C[C@H](OC(=O)[C@H](C)N(C)C(=O)CCC(C)(C)SC1CC(=O)N(CCCCCC(=O)c3cnc(N4C(=O)C=C(SC)C4=O)c(NC(=O)CCSC)c3)C1=O)[C@@]1(C)O[C@H]1[C@H](C)[C@@H]1C[C@@](O)(NC(=O)O1)[C@H](OC)/C=C/C=C(\C)C2. The molecule has 8 amide bonds. The number of imide groups is 2. The van der Waals surface area contributed by atoms with E-state index in [4.69, 9.17) is 35.3 Å². The van der Waals surface area contributed by atoms with Crippen molar-refractivity contribution in [2.45, 2.75) is 164 Å². The average Bonchev–Trinajstić information content (AvgIpc) is 1.59. The summed E-state index contributed by atoms with van der Waals surface area (Å²) in [4.78, 5) is 144. The van der Waals surface area contributed by atoms with E-state index in [1.165, 1.54) is 84.8 Å². The minimum Gasteiger partial charge on any atom is -0.495 e. The zero-order chi connectivity index (χ0) is 65.4. The number of pyridine rings is 1. The van der Waals surface area contributed by atoms with Crippen LogP contribution in [0, 0.1) is 5.92 Å². The van der Waals surface area contributed by atoms with Crippen molar-refractivity contribution in [2.24, 2.45) is 5.92 Å². The lowest BCUT2D eigenvalue weighted by Crippen LogP contribution is -2.63. The Labute approximate surface area is 536 Å². The highest BCUT2D eigenvalue weighted by atomic mass is 35.5. The van der Waals surface area contributed by atoms with E-state index in [-0.39, 0.29) is 95.6 Å². The number of unbranched alkanes of at least 4 members (excludes halogenated alkanes) is 2. The number of alkyl carbamates (subject to hydrolysis) is 1. The number of thioether (sulfide) groups is 3. The number of ketones is 1. The number of esters is 1. The van der Waals surface area contributed by atoms with Crippen molar-refractivity contribution in [3.63, 3.8) is 0 Å². The van der Waals surface area contributed by atoms with Gasteiger partial charge in [-0.25, -0.2) is 19.5 Å². The monoisotopic (exact) mass is 1310 g/mol. The minimum absolute atomic E-state index is 0.0334. The number of aliphatic hydroxyl groups is 1. The molecular weight excluding hydrogens is 1230 g/mol. The van der Waals surface area contributed by atoms with Gasteiger partial charge in [0.15, 0.2) is 17.3 Å². The van der Waals surface area contributed by atoms with Crippen LogP contribution in [0.5, 0.6) is 5.75 Å². The Morgan fingerprint density at radius 1 is 1.02 bits per heavy atom. The lowest BCUT2D eigenvalue weighted by Gasteiger charge is -2.42. The average molecular weight is 1310 g/mol. The number of methoxy groups -OCH3 is 2. The number of carbonyl (C=O) groups is 10. The van der Waals surface area contributed by atoms with E-state index in [0.29, 0.717) is 42.9 Å². The number of anilines is 3. The van der Waals surface area contributed by atoms with Gasteiger partial charge in [0.25, 0.3) is 11.8 Å². The van der Waals surface area contributed by atoms with Crippen molar-refractivity contribution in [1.29, 1.82) is 0 Å². The second-order valence-corrected chi connectivity index (χ2v) is 27.8. The summed E-state index contributed by atoms with van der Waals surface area (Å²) < 4.78 is 28.9. The third-order valence-electron chi connectivity index (χ3n) is 16.7. The highest BCUT2D eigenvalue weighted by Gasteiger charge is 2.64. The van der Waals surface area contributed by atoms with Crippen LogP contribution >= 0.6 is 46.9 Å². The van der Waals surface area contributed by atoms with Crippen LogP contribution in [0.2, 0.25) is 5.02 Å². The maximum Gasteiger partial charge on any atom is 0.409 e. The van der Waals surface area contributed by atoms with Crippen molar-refractivity contribution >= 4 is 123 Å². The van der Waals surface area contributed by atoms with Crippen LogP contribution in [0.25, 0.3) is 0 Å². The van der Waals surface area contributed by atoms with Crippen molar-refractivity contribution < 1.29 is 76.7 Å². The Morgan fingerprint density at radius 3 is 2.43 bits per heavy atom. The molecule has 1 aromatic carbocycles. The van der Waals surface area contributed by atoms with Gasteiger partial charge in [-0.05, 0) is 82.7 Å². The van der Waals surface area contributed by atoms with Gasteiger partial charge < -0.3 is 43.9 Å². The summed E-state index contributed by atoms with van der Waals surface area (Å²) in [5.41, 5.74) is -1.03. The zero-order valence-electron chi connectivity index (χ0n) is 52.3. The van der Waals surface area contributed by atoms with Crippen molar-refractivity contribution in [2.75, 3.05) is 68.2 Å². The van der Waals surface area contributed by atoms with Gasteiger partial charge in [-0.3, -0.25) is 48.6 Å². The Kier molecular flexibility index (Phi) is 23.5. The molecule has 6 heterocycles. The fourth-order valence-electron chi connectivity index (χ4n) is 11.2. The molecule has 3 N–H and O–H groups in total. The molecule has 4 bridgehead atoms. The summed E-state index contributed by atoms with van der Waals surface area (Å²) >= 11 is 10.7. The van der Waals surface area contributed by atoms with Crippen LogP contribution in [0.15, 0.2) is 59.2 Å². The van der Waals surface area contributed by atoms with Crippen LogP contribution in [0.3, 0.4) is 0 Å². The molecule has 2 aromatic rings. The first-order chi connectivity index (χ1) is 42.0. The maximum absolute atomic E-state index is 14.5. The zero-order valence-corrected chi connectivity index (χ0v) is 55.5. The number of halogens is 1. The number of hydrogen-bond donors (Lipinski definition) is 3. The van der Waals surface area contributed by atoms with Crippen molar-refractivity contribution in [1.82, 2.24) is 20.1 Å². The molecule has 9 atom stereocenters. The van der Waals surface area contributed by atoms with Gasteiger partial charge >= 0.3 is 12.1 Å². The molecular formula is C62H80ClN7O16S3. The number of ether oxygens (including phenoxy) is 5. The fourth-order valence-corrected chi connectivity index (χ4v) is 13.8. The van der Waals surface area contributed by atoms with Gasteiger partial charge in [-0.15, -0.1) is 23.5 Å². The molecule has 0 aliphatic carbocycles. The summed E-state index contributed by atoms with van der Waals surface area (Å²) in [6.07, 6.45) is 7.96. The number of fused-ring (bicyclic) bond motifs is 5. The molecule has 7 rings (SSSR count). The lowest BCUT2D eigenvalue weighted by molar-refractivity contribution is -0.162. The van der Waals surface area contributed by atoms with E-state index >= 15 is 0 Å². The largest absolute Gasteiger partial charge is 0.495 e. The lowest BCUT2D eigenvalue weighted by atomic mass is 9.83. The molecule has 23 nitrogen and oxygen atoms in total. The van der Waals surface area contributed by atoms with Crippen LogP contribution in [-0.4, -0.2) is 184 Å². The van der Waals surface area contributed by atoms with Gasteiger partial charge in [0.2, 0.25) is 29.5 Å². The number of rotatable bonds is 23. The topological polar surface area (TPSA) is 290 Å². The molecule has 0 spiro atoms. The van der Waals surface area contributed by atoms with Crippen LogP contribution in [0.4, 0.5) is 22.0 Å². The van der Waals surface area contributed by atoms with E-state index in [1.807, 2.05) is 33.1 Å². The van der Waals surface area contributed by atoms with Crippen molar-refractivity contribution in [3.8, 4) is 5.75 Å². The Balaban J connectivity index is 0.946. The molecule has 3 saturated heterocycles. The number of aromatic nitrogens is 1. The number of likely N-dealkylation sites (N-methyl/N-ethyl adjacent to an activating group) is 1. The number of hydrogen-bond acceptors (Lipinski definition) is 20. The number of likely N-dealkylation sites (tertiary alicyclic amines) is 1. The third-order valence-corrected chi connectivity index (χ3v) is 20.0. The highest BCUT2D eigenvalue weighted by molar-refractivity contribution is 8.03. The van der Waals surface area contributed by atoms with E-state index in [0.717, 1.165) is 27.8 Å². The summed E-state index contributed by atoms with van der Waals surface area (Å²) in [5.74, 6) is -4.17. The van der Waals surface area contributed by atoms with Crippen LogP contribution in [-0.2, 0) is 63.7 Å². The molecule has 5 aliphatic heterocycles. The first-order valence-corrected chi connectivity index (χ1v) is 33.2. The molecule has 0 radical (unpaired) electrons. The van der Waals surface area contributed by atoms with Gasteiger partial charge in [-0.2, -0.15) is 11.8 Å². The second-order valence-electron chi connectivity index (χ2n) is 23.7. The molecule has 1 aromatic heterocycles. The summed E-state index contributed by atoms with van der Waals surface area (Å²) in [6.45, 7) is 10.7. The third kappa shape index (κ3) is 16.6. The first kappa shape index (κ1) is 70.2. The maximum atomic E-state index is 14.5. The van der Waals surface area contributed by atoms with E-state index in [9.17, 15) is 53.1 Å². The molecule has 3 fully saturated rings. The highest BCUT2D eigenvalue weighted by Crippen LogP contribution is 2.50. The molecule has 484 valence electrons. The minimum atomic E-state index is -1.90.